The zero-order chi connectivity index (χ0) is 27.6. The lowest BCUT2D eigenvalue weighted by Gasteiger charge is -2.14. The van der Waals surface area contributed by atoms with Crippen molar-refractivity contribution in [2.45, 2.75) is 0 Å². The molecule has 0 saturated heterocycles. The highest BCUT2D eigenvalue weighted by Crippen LogP contribution is 2.36. The highest BCUT2D eigenvalue weighted by Gasteiger charge is 2.16. The average Bonchev–Trinajstić information content (AvgIpc) is 3.05. The monoisotopic (exact) mass is 545 g/mol. The minimum Gasteiger partial charge on any atom is -0.208 e. The fourth-order valence-electron chi connectivity index (χ4n) is 5.17. The van der Waals surface area contributed by atoms with Crippen molar-refractivity contribution in [1.82, 2.24) is 15.0 Å². The van der Waals surface area contributed by atoms with Gasteiger partial charge in [0.05, 0.1) is 0 Å². The van der Waals surface area contributed by atoms with Crippen LogP contribution >= 0.6 is 11.6 Å². The number of hydrogen-bond donors (Lipinski definition) is 0. The summed E-state index contributed by atoms with van der Waals surface area (Å²) in [5.74, 6) is 1.84. The molecule has 0 unspecified atom stereocenters. The van der Waals surface area contributed by atoms with Gasteiger partial charge >= 0.3 is 0 Å². The Bertz CT molecular complexity index is 1980. The lowest BCUT2D eigenvalue weighted by molar-refractivity contribution is 1.07. The van der Waals surface area contributed by atoms with E-state index in [1.807, 2.05) is 48.5 Å². The number of hydrogen-bond acceptors (Lipinski definition) is 3. The van der Waals surface area contributed by atoms with Gasteiger partial charge in [-0.1, -0.05) is 133 Å². The van der Waals surface area contributed by atoms with Gasteiger partial charge in [0, 0.05) is 21.7 Å². The van der Waals surface area contributed by atoms with E-state index in [1.54, 1.807) is 0 Å². The predicted molar refractivity (Wildman–Crippen MR) is 170 cm³/mol. The molecule has 0 saturated carbocycles. The van der Waals surface area contributed by atoms with Crippen molar-refractivity contribution < 1.29 is 0 Å². The molecule has 0 radical (unpaired) electrons. The molecule has 0 bridgehead atoms. The zero-order valence-electron chi connectivity index (χ0n) is 22.1. The fraction of sp³-hybridized carbons (Fsp3) is 0. The van der Waals surface area contributed by atoms with Gasteiger partial charge < -0.3 is 0 Å². The van der Waals surface area contributed by atoms with Gasteiger partial charge in [0.25, 0.3) is 0 Å². The summed E-state index contributed by atoms with van der Waals surface area (Å²) < 4.78 is 0. The third-order valence-electron chi connectivity index (χ3n) is 7.24. The fourth-order valence-corrected chi connectivity index (χ4v) is 5.30. The van der Waals surface area contributed by atoms with E-state index in [4.69, 9.17) is 26.6 Å². The van der Waals surface area contributed by atoms with Crippen LogP contribution in [0.25, 0.3) is 67.2 Å². The summed E-state index contributed by atoms with van der Waals surface area (Å²) in [5, 5.41) is 3.05. The molecule has 0 N–H and O–H groups in total. The normalized spacial score (nSPS) is 11.0. The topological polar surface area (TPSA) is 38.7 Å². The molecule has 0 aliphatic carbocycles. The first-order valence-corrected chi connectivity index (χ1v) is 13.9. The SMILES string of the molecule is Clc1ccc(-c2nc(-c3ccc(-c4ccccc4)cc3)nc(-c3ccccc3-c3cccc4ccccc34)n2)cc1. The first-order chi connectivity index (χ1) is 20.2. The summed E-state index contributed by atoms with van der Waals surface area (Å²) in [6, 6.07) is 49.5. The Morgan fingerprint density at radius 2 is 0.829 bits per heavy atom. The molecular formula is C37H24ClN3. The third kappa shape index (κ3) is 5.00. The number of benzene rings is 6. The second-order valence-electron chi connectivity index (χ2n) is 9.83. The Morgan fingerprint density at radius 3 is 1.56 bits per heavy atom. The van der Waals surface area contributed by atoms with Crippen molar-refractivity contribution in [3.05, 3.63) is 151 Å². The second kappa shape index (κ2) is 10.8. The van der Waals surface area contributed by atoms with Crippen LogP contribution in [0.5, 0.6) is 0 Å². The maximum atomic E-state index is 6.20. The van der Waals surface area contributed by atoms with Crippen LogP contribution in [0, 0.1) is 0 Å². The summed E-state index contributed by atoms with van der Waals surface area (Å²) in [5.41, 5.74) is 7.27. The molecule has 0 aliphatic rings. The van der Waals surface area contributed by atoms with Crippen LogP contribution in [-0.2, 0) is 0 Å². The van der Waals surface area contributed by atoms with E-state index in [-0.39, 0.29) is 0 Å². The molecule has 0 amide bonds. The van der Waals surface area contributed by atoms with Crippen LogP contribution in [0.1, 0.15) is 0 Å². The van der Waals surface area contributed by atoms with Crippen molar-refractivity contribution in [2.75, 3.05) is 0 Å². The van der Waals surface area contributed by atoms with Gasteiger partial charge in [-0.2, -0.15) is 0 Å². The minimum absolute atomic E-state index is 0.599. The highest BCUT2D eigenvalue weighted by molar-refractivity contribution is 6.30. The number of halogens is 1. The zero-order valence-corrected chi connectivity index (χ0v) is 22.8. The maximum Gasteiger partial charge on any atom is 0.164 e. The molecule has 41 heavy (non-hydrogen) atoms. The molecule has 0 fully saturated rings. The van der Waals surface area contributed by atoms with Crippen molar-refractivity contribution in [3.63, 3.8) is 0 Å². The molecule has 6 aromatic carbocycles. The molecule has 4 heteroatoms. The number of aromatic nitrogens is 3. The highest BCUT2D eigenvalue weighted by atomic mass is 35.5. The molecule has 3 nitrogen and oxygen atoms in total. The van der Waals surface area contributed by atoms with Crippen LogP contribution in [0.3, 0.4) is 0 Å². The molecule has 0 spiro atoms. The lowest BCUT2D eigenvalue weighted by atomic mass is 9.94. The van der Waals surface area contributed by atoms with Crippen molar-refractivity contribution in [2.24, 2.45) is 0 Å². The molecule has 0 atom stereocenters. The first kappa shape index (κ1) is 24.9. The van der Waals surface area contributed by atoms with Crippen LogP contribution < -0.4 is 0 Å². The van der Waals surface area contributed by atoms with Gasteiger partial charge in [0.1, 0.15) is 0 Å². The summed E-state index contributed by atoms with van der Waals surface area (Å²) in [6.07, 6.45) is 0. The molecule has 0 aliphatic heterocycles. The van der Waals surface area contributed by atoms with Crippen molar-refractivity contribution in [1.29, 1.82) is 0 Å². The van der Waals surface area contributed by atoms with Crippen LogP contribution in [0.4, 0.5) is 0 Å². The molecule has 7 aromatic rings. The average molecular weight is 546 g/mol. The standard InChI is InChI=1S/C37H24ClN3/c38-30-23-21-29(22-24-30)36-39-35(28-19-17-26(18-20-28)25-9-2-1-3-10-25)40-37(41-36)34-15-7-6-14-33(34)32-16-8-12-27-11-4-5-13-31(27)32/h1-24H. The van der Waals surface area contributed by atoms with Gasteiger partial charge in [-0.25, -0.2) is 15.0 Å². The van der Waals surface area contributed by atoms with Crippen molar-refractivity contribution in [3.8, 4) is 56.4 Å². The van der Waals surface area contributed by atoms with Gasteiger partial charge in [-0.05, 0) is 57.3 Å². The Balaban J connectivity index is 1.40. The molecule has 7 rings (SSSR count). The Hall–Kier alpha value is -5.12. The van der Waals surface area contributed by atoms with E-state index in [0.717, 1.165) is 33.4 Å². The Morgan fingerprint density at radius 1 is 0.341 bits per heavy atom. The molecule has 1 aromatic heterocycles. The maximum absolute atomic E-state index is 6.20. The molecule has 194 valence electrons. The minimum atomic E-state index is 0.599. The van der Waals surface area contributed by atoms with E-state index in [1.165, 1.54) is 16.3 Å². The van der Waals surface area contributed by atoms with E-state index in [9.17, 15) is 0 Å². The van der Waals surface area contributed by atoms with Crippen molar-refractivity contribution >= 4 is 22.4 Å². The largest absolute Gasteiger partial charge is 0.208 e. The second-order valence-corrected chi connectivity index (χ2v) is 10.3. The molecule has 1 heterocycles. The molecular weight excluding hydrogens is 522 g/mol. The van der Waals surface area contributed by atoms with Crippen LogP contribution in [0.15, 0.2) is 146 Å². The van der Waals surface area contributed by atoms with Gasteiger partial charge in [-0.3, -0.25) is 0 Å². The summed E-state index contributed by atoms with van der Waals surface area (Å²) in [6.45, 7) is 0. The van der Waals surface area contributed by atoms with E-state index in [2.05, 4.69) is 97.1 Å². The summed E-state index contributed by atoms with van der Waals surface area (Å²) in [4.78, 5) is 15.0. The summed E-state index contributed by atoms with van der Waals surface area (Å²) in [7, 11) is 0. The van der Waals surface area contributed by atoms with E-state index >= 15 is 0 Å². The van der Waals surface area contributed by atoms with E-state index in [0.29, 0.717) is 22.5 Å². The first-order valence-electron chi connectivity index (χ1n) is 13.5. The third-order valence-corrected chi connectivity index (χ3v) is 7.49. The van der Waals surface area contributed by atoms with Crippen LogP contribution in [-0.4, -0.2) is 15.0 Å². The Labute approximate surface area is 243 Å². The summed E-state index contributed by atoms with van der Waals surface area (Å²) >= 11 is 6.20. The van der Waals surface area contributed by atoms with E-state index < -0.39 is 0 Å². The lowest BCUT2D eigenvalue weighted by Crippen LogP contribution is -2.01. The quantitative estimate of drug-likeness (QED) is 0.216. The van der Waals surface area contributed by atoms with Gasteiger partial charge in [-0.15, -0.1) is 0 Å². The number of nitrogens with zero attached hydrogens (tertiary/aromatic N) is 3. The number of rotatable bonds is 5. The van der Waals surface area contributed by atoms with Gasteiger partial charge in [0.15, 0.2) is 17.5 Å². The van der Waals surface area contributed by atoms with Crippen LogP contribution in [0.2, 0.25) is 5.02 Å². The smallest absolute Gasteiger partial charge is 0.164 e. The predicted octanol–water partition coefficient (Wildman–Crippen LogP) is 10.0. The number of fused-ring (bicyclic) bond motifs is 1. The Kier molecular flexibility index (Phi) is 6.56. The van der Waals surface area contributed by atoms with Gasteiger partial charge in [0.2, 0.25) is 0 Å².